The third-order valence-electron chi connectivity index (χ3n) is 8.15. The average Bonchev–Trinajstić information content (AvgIpc) is 3.52. The van der Waals surface area contributed by atoms with Gasteiger partial charge in [-0.1, -0.05) is 32.0 Å². The van der Waals surface area contributed by atoms with Crippen LogP contribution in [0.15, 0.2) is 34.7 Å². The minimum Gasteiger partial charge on any atom is -0.441 e. The maximum absolute atomic E-state index is 13.4. The zero-order chi connectivity index (χ0) is 29.6. The first-order chi connectivity index (χ1) is 20.3. The van der Waals surface area contributed by atoms with Crippen LogP contribution >= 0.6 is 0 Å². The number of rotatable bonds is 6. The van der Waals surface area contributed by atoms with Gasteiger partial charge in [-0.05, 0) is 63.5 Å². The Balaban J connectivity index is 1.28. The molecule has 1 unspecified atom stereocenters. The summed E-state index contributed by atoms with van der Waals surface area (Å²) in [5.41, 5.74) is 4.01. The molecule has 2 aromatic heterocycles. The first-order valence-corrected chi connectivity index (χ1v) is 15.2. The number of oxazole rings is 1. The molecule has 0 saturated carbocycles. The van der Waals surface area contributed by atoms with Crippen molar-refractivity contribution in [1.82, 2.24) is 30.3 Å². The lowest BCUT2D eigenvalue weighted by atomic mass is 9.91. The zero-order valence-electron chi connectivity index (χ0n) is 24.9. The molecule has 3 aromatic rings. The van der Waals surface area contributed by atoms with E-state index in [2.05, 4.69) is 29.5 Å². The molecule has 1 aliphatic carbocycles. The first kappa shape index (κ1) is 29.5. The highest BCUT2D eigenvalue weighted by Crippen LogP contribution is 2.26. The van der Waals surface area contributed by atoms with Crippen molar-refractivity contribution in [2.24, 2.45) is 5.92 Å². The SMILES string of the molecule is Cc1oc(-c2ccccc2)nc1CC(=O)N1CCCNC(=O)c2nn(CCC(C)C)c3c2CC(CC3)NC(=O)CCC1. The molecule has 0 radical (unpaired) electrons. The summed E-state index contributed by atoms with van der Waals surface area (Å²) in [4.78, 5) is 46.0. The zero-order valence-corrected chi connectivity index (χ0v) is 24.9. The number of fused-ring (bicyclic) bond motifs is 1. The summed E-state index contributed by atoms with van der Waals surface area (Å²) in [5.74, 6) is 1.35. The molecule has 2 bridgehead atoms. The largest absolute Gasteiger partial charge is 0.441 e. The van der Waals surface area contributed by atoms with Gasteiger partial charge in [0.1, 0.15) is 5.76 Å². The fraction of sp³-hybridized carbons (Fsp3) is 0.531. The highest BCUT2D eigenvalue weighted by molar-refractivity contribution is 5.94. The number of carbonyl (C=O) groups is 3. The molecule has 3 amide bonds. The van der Waals surface area contributed by atoms with Gasteiger partial charge in [-0.25, -0.2) is 4.98 Å². The highest BCUT2D eigenvalue weighted by Gasteiger charge is 2.30. The fourth-order valence-electron chi connectivity index (χ4n) is 5.76. The summed E-state index contributed by atoms with van der Waals surface area (Å²) in [6.07, 6.45) is 4.81. The summed E-state index contributed by atoms with van der Waals surface area (Å²) in [6.45, 7) is 8.31. The summed E-state index contributed by atoms with van der Waals surface area (Å²) in [5, 5.41) is 10.9. The predicted molar refractivity (Wildman–Crippen MR) is 159 cm³/mol. The van der Waals surface area contributed by atoms with Crippen molar-refractivity contribution >= 4 is 17.7 Å². The van der Waals surface area contributed by atoms with Crippen LogP contribution in [0.1, 0.15) is 79.2 Å². The third kappa shape index (κ3) is 7.09. The van der Waals surface area contributed by atoms with E-state index in [1.54, 1.807) is 4.90 Å². The Bertz CT molecular complexity index is 1410. The number of benzene rings is 1. The second kappa shape index (κ2) is 13.4. The Morgan fingerprint density at radius 3 is 2.69 bits per heavy atom. The standard InChI is InChI=1S/C32H42N6O4/c1-21(2)14-18-38-27-13-12-24-19-25(27)30(36-38)31(41)33-15-8-17-37(16-7-11-28(39)34-24)29(40)20-26-22(3)42-32(35-26)23-9-5-4-6-10-23/h4-6,9-10,21,24H,7-8,11-20H2,1-3H3,(H,33,41)(H,34,39). The fourth-order valence-corrected chi connectivity index (χ4v) is 5.76. The number of hydrogen-bond acceptors (Lipinski definition) is 6. The molecule has 1 aromatic carbocycles. The molecule has 42 heavy (non-hydrogen) atoms. The van der Waals surface area contributed by atoms with Crippen LogP contribution in [0.3, 0.4) is 0 Å². The van der Waals surface area contributed by atoms with Crippen molar-refractivity contribution in [2.75, 3.05) is 19.6 Å². The van der Waals surface area contributed by atoms with Gasteiger partial charge in [-0.2, -0.15) is 5.10 Å². The van der Waals surface area contributed by atoms with E-state index >= 15 is 0 Å². The molecule has 2 N–H and O–H groups in total. The molecular weight excluding hydrogens is 532 g/mol. The number of nitrogens with one attached hydrogen (secondary N) is 2. The quantitative estimate of drug-likeness (QED) is 0.461. The van der Waals surface area contributed by atoms with Crippen molar-refractivity contribution in [3.8, 4) is 11.5 Å². The topological polar surface area (TPSA) is 122 Å². The van der Waals surface area contributed by atoms with Crippen molar-refractivity contribution in [1.29, 1.82) is 0 Å². The van der Waals surface area contributed by atoms with E-state index in [9.17, 15) is 14.4 Å². The Kier molecular flexibility index (Phi) is 9.39. The van der Waals surface area contributed by atoms with E-state index in [1.165, 1.54) is 0 Å². The van der Waals surface area contributed by atoms with Crippen LogP contribution in [-0.2, 0) is 35.4 Å². The molecule has 10 heteroatoms. The Morgan fingerprint density at radius 1 is 1.12 bits per heavy atom. The number of hydrogen-bond donors (Lipinski definition) is 2. The van der Waals surface area contributed by atoms with Crippen LogP contribution in [-0.4, -0.2) is 63.1 Å². The summed E-state index contributed by atoms with van der Waals surface area (Å²) in [7, 11) is 0. The van der Waals surface area contributed by atoms with Gasteiger partial charge in [0.2, 0.25) is 17.7 Å². The Labute approximate surface area is 247 Å². The smallest absolute Gasteiger partial charge is 0.272 e. The van der Waals surface area contributed by atoms with Gasteiger partial charge >= 0.3 is 0 Å². The number of amides is 3. The predicted octanol–water partition coefficient (Wildman–Crippen LogP) is 3.85. The summed E-state index contributed by atoms with van der Waals surface area (Å²) < 4.78 is 7.86. The highest BCUT2D eigenvalue weighted by atomic mass is 16.4. The monoisotopic (exact) mass is 574 g/mol. The second-order valence-electron chi connectivity index (χ2n) is 11.8. The van der Waals surface area contributed by atoms with Crippen LogP contribution in [0.4, 0.5) is 0 Å². The van der Waals surface area contributed by atoms with Gasteiger partial charge in [0, 0.05) is 55.5 Å². The third-order valence-corrected chi connectivity index (χ3v) is 8.15. The lowest BCUT2D eigenvalue weighted by Gasteiger charge is -2.25. The van der Waals surface area contributed by atoms with Gasteiger partial charge in [-0.3, -0.25) is 19.1 Å². The van der Waals surface area contributed by atoms with Gasteiger partial charge < -0.3 is 20.0 Å². The van der Waals surface area contributed by atoms with E-state index in [4.69, 9.17) is 9.52 Å². The lowest BCUT2D eigenvalue weighted by Crippen LogP contribution is -2.40. The Morgan fingerprint density at radius 2 is 1.90 bits per heavy atom. The molecule has 2 aliphatic rings. The molecule has 5 rings (SSSR count). The molecule has 224 valence electrons. The normalized spacial score (nSPS) is 18.3. The Hall–Kier alpha value is -3.95. The maximum atomic E-state index is 13.4. The molecule has 0 saturated heterocycles. The maximum Gasteiger partial charge on any atom is 0.272 e. The minimum absolute atomic E-state index is 0.0243. The lowest BCUT2D eigenvalue weighted by molar-refractivity contribution is -0.131. The van der Waals surface area contributed by atoms with E-state index in [0.717, 1.165) is 42.6 Å². The van der Waals surface area contributed by atoms with Crippen LogP contribution in [0.25, 0.3) is 11.5 Å². The van der Waals surface area contributed by atoms with Crippen LogP contribution in [0.5, 0.6) is 0 Å². The number of nitrogens with zero attached hydrogens (tertiary/aromatic N) is 4. The van der Waals surface area contributed by atoms with Crippen molar-refractivity contribution < 1.29 is 18.8 Å². The van der Waals surface area contributed by atoms with Crippen LogP contribution in [0.2, 0.25) is 0 Å². The number of aryl methyl sites for hydroxylation is 2. The second-order valence-corrected chi connectivity index (χ2v) is 11.8. The first-order valence-electron chi connectivity index (χ1n) is 15.2. The van der Waals surface area contributed by atoms with Gasteiger partial charge in [-0.15, -0.1) is 0 Å². The number of aromatic nitrogens is 3. The van der Waals surface area contributed by atoms with E-state index in [-0.39, 0.29) is 30.2 Å². The molecule has 1 aliphatic heterocycles. The van der Waals surface area contributed by atoms with E-state index < -0.39 is 0 Å². The van der Waals surface area contributed by atoms with Gasteiger partial charge in [0.15, 0.2) is 5.69 Å². The average molecular weight is 575 g/mol. The molecule has 0 fully saturated rings. The summed E-state index contributed by atoms with van der Waals surface area (Å²) >= 11 is 0. The van der Waals surface area contributed by atoms with E-state index in [0.29, 0.717) is 74.3 Å². The number of carbonyl (C=O) groups excluding carboxylic acids is 3. The molecule has 3 heterocycles. The summed E-state index contributed by atoms with van der Waals surface area (Å²) in [6, 6.07) is 9.58. The van der Waals surface area contributed by atoms with E-state index in [1.807, 2.05) is 41.9 Å². The van der Waals surface area contributed by atoms with Crippen molar-refractivity contribution in [3.63, 3.8) is 0 Å². The van der Waals surface area contributed by atoms with Gasteiger partial charge in [0.05, 0.1) is 12.1 Å². The molecular formula is C32H42N6O4. The molecule has 10 nitrogen and oxygen atoms in total. The van der Waals surface area contributed by atoms with Crippen molar-refractivity contribution in [2.45, 2.75) is 84.7 Å². The van der Waals surface area contributed by atoms with Crippen LogP contribution in [0, 0.1) is 12.8 Å². The van der Waals surface area contributed by atoms with Crippen molar-refractivity contribution in [3.05, 3.63) is 58.7 Å². The molecule has 0 spiro atoms. The molecule has 1 atom stereocenters. The van der Waals surface area contributed by atoms with Crippen LogP contribution < -0.4 is 10.6 Å². The minimum atomic E-state index is -0.194. The van der Waals surface area contributed by atoms with Gasteiger partial charge in [0.25, 0.3) is 5.91 Å².